The highest BCUT2D eigenvalue weighted by Crippen LogP contribution is 2.61. The van der Waals surface area contributed by atoms with Crippen LogP contribution in [0.1, 0.15) is 39.3 Å². The molecule has 35 heteroatoms. The summed E-state index contributed by atoms with van der Waals surface area (Å²) in [5.41, 5.74) is 1.90. The number of amides is 2. The number of carbonyl (C=O) groups is 3. The number of nitrogens with two attached hydrogens (primary N) is 1. The zero-order valence-corrected chi connectivity index (χ0v) is 37.9. The third-order valence-electron chi connectivity index (χ3n) is 9.61. The van der Waals surface area contributed by atoms with Crippen molar-refractivity contribution in [3.8, 4) is 0 Å². The smallest absolute Gasteiger partial charge is 0.390 e. The minimum atomic E-state index is -5.63. The number of anilines is 1. The molecule has 4 rings (SSSR count). The number of fused-ring (bicyclic) bond motifs is 1. The first kappa shape index (κ1) is 54.2. The Labute approximate surface area is 365 Å². The summed E-state index contributed by atoms with van der Waals surface area (Å²) in [5, 5.41) is 56.3. The monoisotopic (exact) mass is 1020 g/mol. The largest absolute Gasteiger partial charge is 0.481 e. The van der Waals surface area contributed by atoms with Crippen LogP contribution in [0.4, 0.5) is 5.82 Å². The lowest BCUT2D eigenvalue weighted by Crippen LogP contribution is -2.54. The van der Waals surface area contributed by atoms with Crippen molar-refractivity contribution in [2.75, 3.05) is 44.0 Å². The van der Waals surface area contributed by atoms with Crippen molar-refractivity contribution in [2.24, 2.45) is 11.3 Å². The molecule has 0 radical (unpaired) electrons. The number of hydrogen-bond donors (Lipinski definition) is 14. The first-order chi connectivity index (χ1) is 29.3. The molecule has 15 N–H and O–H groups in total. The quantitative estimate of drug-likeness (QED) is 0.0406. The van der Waals surface area contributed by atoms with Crippen molar-refractivity contribution < 1.29 is 110 Å². The number of phosphoric ester groups is 3. The molecule has 11 atom stereocenters. The van der Waals surface area contributed by atoms with Gasteiger partial charge in [-0.1, -0.05) is 25.6 Å². The second-order valence-electron chi connectivity index (χ2n) is 15.3. The lowest BCUT2D eigenvalue weighted by molar-refractivity contribution is -0.150. The number of nitrogens with zero attached hydrogens (tertiary/aromatic N) is 4. The number of aliphatic hydroxyl groups is 5. The molecule has 0 spiro atoms. The zero-order valence-electron chi connectivity index (χ0n) is 33.5. The van der Waals surface area contributed by atoms with E-state index in [4.69, 9.17) is 19.5 Å². The Morgan fingerprint density at radius 2 is 1.64 bits per heavy atom. The molecule has 11 unspecified atom stereocenters. The third kappa shape index (κ3) is 15.0. The Balaban J connectivity index is 1.20. The molecule has 2 aromatic rings. The van der Waals surface area contributed by atoms with Crippen molar-refractivity contribution in [1.82, 2.24) is 30.2 Å². The van der Waals surface area contributed by atoms with Gasteiger partial charge in [0.1, 0.15) is 41.9 Å². The van der Waals surface area contributed by atoms with Gasteiger partial charge in [0, 0.05) is 43.0 Å². The fourth-order valence-corrected chi connectivity index (χ4v) is 11.1. The van der Waals surface area contributed by atoms with Crippen LogP contribution in [-0.4, -0.2) is 172 Å². The molecule has 1 saturated carbocycles. The molecule has 0 bridgehead atoms. The van der Waals surface area contributed by atoms with Crippen molar-refractivity contribution >= 4 is 76.7 Å². The van der Waals surface area contributed by atoms with Crippen LogP contribution in [0.25, 0.3) is 11.2 Å². The molecule has 2 aromatic heterocycles. The Bertz CT molecular complexity index is 2200. The zero-order chi connectivity index (χ0) is 48.2. The van der Waals surface area contributed by atoms with Gasteiger partial charge < -0.3 is 76.0 Å². The van der Waals surface area contributed by atoms with Gasteiger partial charge in [-0.3, -0.25) is 37.1 Å². The summed E-state index contributed by atoms with van der Waals surface area (Å²) in [4.78, 5) is 107. The topological polar surface area (TPSA) is 482 Å². The number of aromatic nitrogens is 4. The van der Waals surface area contributed by atoms with E-state index >= 15 is 0 Å². The highest BCUT2D eigenvalue weighted by molar-refractivity contribution is 8.13. The number of hydrogen-bond acceptors (Lipinski definition) is 22. The van der Waals surface area contributed by atoms with Gasteiger partial charge in [-0.05, 0) is 6.42 Å². The van der Waals surface area contributed by atoms with Crippen LogP contribution >= 0.6 is 42.8 Å². The molecule has 1 aliphatic heterocycles. The summed E-state index contributed by atoms with van der Waals surface area (Å²) in [6, 6.07) is 0. The van der Waals surface area contributed by atoms with Crippen LogP contribution in [0.5, 0.6) is 0 Å². The molecule has 64 heavy (non-hydrogen) atoms. The first-order valence-corrected chi connectivity index (χ1v) is 25.8. The normalized spacial score (nSPS) is 28.0. The Morgan fingerprint density at radius 3 is 2.28 bits per heavy atom. The summed E-state index contributed by atoms with van der Waals surface area (Å²) < 4.78 is 73.5. The van der Waals surface area contributed by atoms with E-state index in [0.29, 0.717) is 11.8 Å². The van der Waals surface area contributed by atoms with Crippen LogP contribution < -0.4 is 16.4 Å². The predicted molar refractivity (Wildman–Crippen MR) is 214 cm³/mol. The van der Waals surface area contributed by atoms with Gasteiger partial charge >= 0.3 is 31.1 Å². The Hall–Kier alpha value is -2.41. The number of aliphatic hydroxyl groups excluding tert-OH is 4. The maximum atomic E-state index is 12.7. The van der Waals surface area contributed by atoms with Crippen molar-refractivity contribution in [3.05, 3.63) is 12.7 Å². The maximum absolute atomic E-state index is 12.7. The molecular weight excluding hydrogens is 970 g/mol. The Morgan fingerprint density at radius 1 is 0.984 bits per heavy atom. The van der Waals surface area contributed by atoms with Crippen LogP contribution in [0, 0.1) is 11.3 Å². The highest BCUT2D eigenvalue weighted by atomic mass is 32.2. The predicted octanol–water partition coefficient (Wildman–Crippen LogP) is -3.29. The van der Waals surface area contributed by atoms with E-state index in [2.05, 4.69) is 34.4 Å². The summed E-state index contributed by atoms with van der Waals surface area (Å²) in [7, 11) is -21.2. The van der Waals surface area contributed by atoms with Crippen molar-refractivity contribution in [3.63, 3.8) is 0 Å². The number of rotatable bonds is 22. The number of nitrogen functional groups attached to an aromatic ring is 1. The van der Waals surface area contributed by atoms with Crippen molar-refractivity contribution in [2.45, 2.75) is 81.6 Å². The van der Waals surface area contributed by atoms with E-state index in [1.807, 2.05) is 0 Å². The summed E-state index contributed by atoms with van der Waals surface area (Å²) in [6.45, 7) is -0.234. The second-order valence-corrected chi connectivity index (χ2v) is 22.3. The molecule has 3 heterocycles. The summed E-state index contributed by atoms with van der Waals surface area (Å²) >= 11 is 0.562. The lowest BCUT2D eigenvalue weighted by Gasteiger charge is -2.41. The maximum Gasteiger partial charge on any atom is 0.481 e. The van der Waals surface area contributed by atoms with E-state index in [9.17, 15) is 87.5 Å². The average Bonchev–Trinajstić information content (AvgIpc) is 3.72. The van der Waals surface area contributed by atoms with Crippen LogP contribution in [0.2, 0.25) is 0 Å². The molecule has 30 nitrogen and oxygen atoms in total. The first-order valence-electron chi connectivity index (χ1n) is 18.5. The fourth-order valence-electron chi connectivity index (χ4n) is 6.47. The van der Waals surface area contributed by atoms with Gasteiger partial charge in [0.05, 0.1) is 37.9 Å². The molecule has 1 aliphatic carbocycles. The van der Waals surface area contributed by atoms with E-state index in [-0.39, 0.29) is 42.2 Å². The number of carbonyl (C=O) groups excluding carboxylic acids is 3. The number of imidazole rings is 1. The van der Waals surface area contributed by atoms with E-state index in [1.165, 1.54) is 13.8 Å². The number of thioether (sulfide) groups is 1. The number of phosphoric acid groups is 3. The fraction of sp³-hybridized carbons (Fsp3) is 0.724. The lowest BCUT2D eigenvalue weighted by atomic mass is 9.76. The average molecular weight is 1020 g/mol. The minimum Gasteiger partial charge on any atom is -0.390 e. The molecule has 2 amide bonds. The van der Waals surface area contributed by atoms with Gasteiger partial charge in [-0.25, -0.2) is 28.6 Å². The molecule has 2 fully saturated rings. The molecular formula is C29H49N7O23P4S. The van der Waals surface area contributed by atoms with E-state index in [0.717, 1.165) is 17.2 Å². The Kier molecular flexibility index (Phi) is 18.0. The SMILES string of the molecule is CC(C)(COP(=O)(O)OP(=O)(O)OCC1OC(n2cnc3c(N)ncnc32)C(O)C1OP(=O)(O)O)C(O)C(=O)NCCC(=O)NCCSC(=O)C1(O)CC(O)C(O)C(CP(=O)(O)O)C1. The number of ether oxygens (including phenoxy) is 1. The molecule has 2 aliphatic rings. The van der Waals surface area contributed by atoms with Gasteiger partial charge in [0.25, 0.3) is 0 Å². The summed E-state index contributed by atoms with van der Waals surface area (Å²) in [5.74, 6) is -3.14. The van der Waals surface area contributed by atoms with Gasteiger partial charge in [-0.2, -0.15) is 4.31 Å². The minimum absolute atomic E-state index is 0.00261. The van der Waals surface area contributed by atoms with Crippen molar-refractivity contribution in [1.29, 1.82) is 0 Å². The van der Waals surface area contributed by atoms with Crippen LogP contribution in [-0.2, 0) is 55.3 Å². The van der Waals surface area contributed by atoms with E-state index in [1.54, 1.807) is 0 Å². The second kappa shape index (κ2) is 21.3. The summed E-state index contributed by atoms with van der Waals surface area (Å²) in [6.07, 6.45) is -12.6. The van der Waals surface area contributed by atoms with Crippen LogP contribution in [0.15, 0.2) is 12.7 Å². The highest BCUT2D eigenvalue weighted by Gasteiger charge is 2.51. The third-order valence-corrected chi connectivity index (χ3v) is 14.7. The van der Waals surface area contributed by atoms with Gasteiger partial charge in [-0.15, -0.1) is 0 Å². The van der Waals surface area contributed by atoms with E-state index < -0.39 is 140 Å². The molecule has 0 aromatic carbocycles. The standard InChI is InChI=1S/C29H49N7O23P4S/c1-28(2,22(41)25(42)32-4-3-17(38)31-5-6-64-27(43)29(44)7-14(10-60(45,46)47)19(39)15(37)8-29)11-56-63(53,54)59-62(51,52)55-9-16-21(58-61(48,49)50)20(40)26(57-16)36-13-35-18-23(30)33-12-34-24(18)36/h12-16,19-22,26,37,39-41,44H,3-11H2,1-2H3,(H,31,38)(H,32,42)(H,51,52)(H,53,54)(H2,30,33,34)(H2,45,46,47)(H2,48,49,50). The van der Waals surface area contributed by atoms with Gasteiger partial charge in [0.2, 0.25) is 16.9 Å². The van der Waals surface area contributed by atoms with Crippen LogP contribution in [0.3, 0.4) is 0 Å². The number of nitrogens with one attached hydrogen (secondary N) is 2. The molecule has 364 valence electrons. The van der Waals surface area contributed by atoms with Gasteiger partial charge in [0.15, 0.2) is 17.7 Å². The molecule has 1 saturated heterocycles.